The van der Waals surface area contributed by atoms with Crippen LogP contribution in [0, 0.1) is 5.92 Å². The minimum atomic E-state index is -0.106. The van der Waals surface area contributed by atoms with Gasteiger partial charge in [0.2, 0.25) is 5.91 Å². The van der Waals surface area contributed by atoms with Crippen molar-refractivity contribution in [1.82, 2.24) is 9.80 Å². The number of para-hydroxylation sites is 1. The van der Waals surface area contributed by atoms with Crippen molar-refractivity contribution in [3.8, 4) is 0 Å². The number of rotatable bonds is 2. The summed E-state index contributed by atoms with van der Waals surface area (Å²) in [5.41, 5.74) is 2.69. The van der Waals surface area contributed by atoms with Gasteiger partial charge in [-0.3, -0.25) is 4.79 Å². The van der Waals surface area contributed by atoms with Gasteiger partial charge in [0.05, 0.1) is 11.4 Å². The molecule has 1 fully saturated rings. The van der Waals surface area contributed by atoms with Crippen molar-refractivity contribution in [3.05, 3.63) is 23.8 Å². The number of nitrogens with zero attached hydrogens (tertiary/aromatic N) is 3. The third kappa shape index (κ3) is 3.49. The molecule has 0 bridgehead atoms. The molecule has 2 aliphatic heterocycles. The van der Waals surface area contributed by atoms with E-state index in [0.717, 1.165) is 42.9 Å². The smallest absolute Gasteiger partial charge is 0.321 e. The van der Waals surface area contributed by atoms with Gasteiger partial charge >= 0.3 is 6.03 Å². The van der Waals surface area contributed by atoms with Crippen molar-refractivity contribution in [2.24, 2.45) is 5.92 Å². The van der Waals surface area contributed by atoms with Gasteiger partial charge in [0.25, 0.3) is 0 Å². The molecule has 3 amide bonds. The third-order valence-corrected chi connectivity index (χ3v) is 5.50. The summed E-state index contributed by atoms with van der Waals surface area (Å²) >= 11 is 0. The fourth-order valence-electron chi connectivity index (χ4n) is 4.14. The lowest BCUT2D eigenvalue weighted by Crippen LogP contribution is -2.50. The summed E-state index contributed by atoms with van der Waals surface area (Å²) < 4.78 is 0. The van der Waals surface area contributed by atoms with Crippen molar-refractivity contribution in [2.75, 3.05) is 43.9 Å². The van der Waals surface area contributed by atoms with Crippen molar-refractivity contribution in [1.29, 1.82) is 0 Å². The van der Waals surface area contributed by atoms with Crippen LogP contribution in [0.3, 0.4) is 0 Å². The first-order chi connectivity index (χ1) is 11.9. The molecule has 0 spiro atoms. The van der Waals surface area contributed by atoms with E-state index in [2.05, 4.69) is 24.2 Å². The zero-order valence-electron chi connectivity index (χ0n) is 15.6. The maximum absolute atomic E-state index is 12.8. The molecule has 1 aromatic carbocycles. The molecule has 0 saturated carbocycles. The second-order valence-corrected chi connectivity index (χ2v) is 7.37. The number of anilines is 2. The molecule has 0 aliphatic carbocycles. The predicted octanol–water partition coefficient (Wildman–Crippen LogP) is 2.40. The quantitative estimate of drug-likeness (QED) is 0.896. The molecule has 2 atom stereocenters. The largest absolute Gasteiger partial charge is 0.324 e. The standard InChI is InChI=1S/C19H28N4O2/c1-13-12-21(3)10-9-17(13)22(4)19(25)20-16-7-5-6-15-8-11-23(14(2)24)18(15)16/h5-7,13,17H,8-12H2,1-4H3,(H,20,25)/t13-,17-/m1/s1. The maximum atomic E-state index is 12.8. The molecule has 1 aromatic rings. The second kappa shape index (κ2) is 7.04. The Kier molecular flexibility index (Phi) is 4.99. The summed E-state index contributed by atoms with van der Waals surface area (Å²) in [6, 6.07) is 5.97. The van der Waals surface area contributed by atoms with Gasteiger partial charge in [0.1, 0.15) is 0 Å². The number of hydrogen-bond donors (Lipinski definition) is 1. The van der Waals surface area contributed by atoms with Gasteiger partial charge in [0.15, 0.2) is 0 Å². The lowest BCUT2D eigenvalue weighted by atomic mass is 9.93. The minimum absolute atomic E-state index is 0.0118. The molecule has 3 rings (SSSR count). The Morgan fingerprint density at radius 2 is 2.04 bits per heavy atom. The van der Waals surface area contributed by atoms with Gasteiger partial charge in [-0.15, -0.1) is 0 Å². The van der Waals surface area contributed by atoms with E-state index in [0.29, 0.717) is 12.5 Å². The summed E-state index contributed by atoms with van der Waals surface area (Å²) in [4.78, 5) is 30.6. The average Bonchev–Trinajstić information content (AvgIpc) is 2.99. The summed E-state index contributed by atoms with van der Waals surface area (Å²) in [6.45, 7) is 6.45. The third-order valence-electron chi connectivity index (χ3n) is 5.50. The number of hydrogen-bond acceptors (Lipinski definition) is 3. The van der Waals surface area contributed by atoms with E-state index < -0.39 is 0 Å². The van der Waals surface area contributed by atoms with E-state index in [1.54, 1.807) is 11.8 Å². The highest BCUT2D eigenvalue weighted by atomic mass is 16.2. The Morgan fingerprint density at radius 1 is 1.28 bits per heavy atom. The summed E-state index contributed by atoms with van der Waals surface area (Å²) in [7, 11) is 3.99. The van der Waals surface area contributed by atoms with Gasteiger partial charge < -0.3 is 20.0 Å². The van der Waals surface area contributed by atoms with Crippen LogP contribution in [-0.2, 0) is 11.2 Å². The van der Waals surface area contributed by atoms with Crippen molar-refractivity contribution in [3.63, 3.8) is 0 Å². The molecule has 6 nitrogen and oxygen atoms in total. The van der Waals surface area contributed by atoms with Crippen LogP contribution in [0.15, 0.2) is 18.2 Å². The molecule has 2 heterocycles. The number of carbonyl (C=O) groups excluding carboxylic acids is 2. The van der Waals surface area contributed by atoms with Crippen molar-refractivity contribution in [2.45, 2.75) is 32.7 Å². The highest BCUT2D eigenvalue weighted by Crippen LogP contribution is 2.36. The zero-order valence-corrected chi connectivity index (χ0v) is 15.6. The number of likely N-dealkylation sites (tertiary alicyclic amines) is 1. The Balaban J connectivity index is 1.76. The van der Waals surface area contributed by atoms with Crippen molar-refractivity contribution < 1.29 is 9.59 Å². The van der Waals surface area contributed by atoms with E-state index in [1.165, 1.54) is 0 Å². The van der Waals surface area contributed by atoms with Gasteiger partial charge in [-0.1, -0.05) is 19.1 Å². The van der Waals surface area contributed by atoms with Crippen LogP contribution in [0.1, 0.15) is 25.8 Å². The Labute approximate surface area is 149 Å². The van der Waals surface area contributed by atoms with Crippen LogP contribution in [0.25, 0.3) is 0 Å². The molecule has 6 heteroatoms. The molecule has 136 valence electrons. The molecule has 1 N–H and O–H groups in total. The SMILES string of the molecule is CC(=O)N1CCc2cccc(NC(=O)N(C)[C@@H]3CCN(C)C[C@H]3C)c21. The summed E-state index contributed by atoms with van der Waals surface area (Å²) in [6.07, 6.45) is 1.81. The maximum Gasteiger partial charge on any atom is 0.321 e. The average molecular weight is 344 g/mol. The molecular weight excluding hydrogens is 316 g/mol. The Hall–Kier alpha value is -2.08. The number of urea groups is 1. The van der Waals surface area contributed by atoms with E-state index in [9.17, 15) is 9.59 Å². The highest BCUT2D eigenvalue weighted by Gasteiger charge is 2.31. The first-order valence-electron chi connectivity index (χ1n) is 9.01. The number of piperidine rings is 1. The fourth-order valence-corrected chi connectivity index (χ4v) is 4.14. The zero-order chi connectivity index (χ0) is 18.1. The number of carbonyl (C=O) groups is 2. The lowest BCUT2D eigenvalue weighted by molar-refractivity contribution is -0.116. The van der Waals surface area contributed by atoms with Gasteiger partial charge in [-0.2, -0.15) is 0 Å². The molecule has 2 aliphatic rings. The number of fused-ring (bicyclic) bond motifs is 1. The van der Waals surface area contributed by atoms with E-state index in [4.69, 9.17) is 0 Å². The summed E-state index contributed by atoms with van der Waals surface area (Å²) in [5, 5.41) is 3.04. The molecule has 25 heavy (non-hydrogen) atoms. The fraction of sp³-hybridized carbons (Fsp3) is 0.579. The molecular formula is C19H28N4O2. The highest BCUT2D eigenvalue weighted by molar-refractivity contribution is 6.02. The van der Waals surface area contributed by atoms with Gasteiger partial charge in [-0.25, -0.2) is 4.79 Å². The van der Waals surface area contributed by atoms with Crippen LogP contribution in [-0.4, -0.2) is 61.5 Å². The summed E-state index contributed by atoms with van der Waals surface area (Å²) in [5.74, 6) is 0.447. The van der Waals surface area contributed by atoms with Gasteiger partial charge in [0, 0.05) is 33.1 Å². The van der Waals surface area contributed by atoms with E-state index in [1.807, 2.05) is 30.1 Å². The lowest BCUT2D eigenvalue weighted by Gasteiger charge is -2.40. The van der Waals surface area contributed by atoms with E-state index >= 15 is 0 Å². The first-order valence-corrected chi connectivity index (χ1v) is 9.01. The monoisotopic (exact) mass is 344 g/mol. The van der Waals surface area contributed by atoms with Crippen molar-refractivity contribution >= 4 is 23.3 Å². The van der Waals surface area contributed by atoms with E-state index in [-0.39, 0.29) is 18.0 Å². The minimum Gasteiger partial charge on any atom is -0.324 e. The van der Waals surface area contributed by atoms with Crippen LogP contribution >= 0.6 is 0 Å². The molecule has 0 unspecified atom stereocenters. The Bertz CT molecular complexity index is 675. The number of amides is 3. The molecule has 0 aromatic heterocycles. The Morgan fingerprint density at radius 3 is 2.72 bits per heavy atom. The normalized spacial score (nSPS) is 23.3. The second-order valence-electron chi connectivity index (χ2n) is 7.37. The predicted molar refractivity (Wildman–Crippen MR) is 100 cm³/mol. The van der Waals surface area contributed by atoms with Crippen LogP contribution in [0.4, 0.5) is 16.2 Å². The molecule has 0 radical (unpaired) electrons. The van der Waals surface area contributed by atoms with Crippen LogP contribution in [0.2, 0.25) is 0 Å². The van der Waals surface area contributed by atoms with Crippen LogP contribution < -0.4 is 10.2 Å². The molecule has 1 saturated heterocycles. The number of nitrogens with one attached hydrogen (secondary N) is 1. The topological polar surface area (TPSA) is 55.9 Å². The van der Waals surface area contributed by atoms with Gasteiger partial charge in [-0.05, 0) is 44.0 Å². The number of benzene rings is 1. The van der Waals surface area contributed by atoms with Crippen LogP contribution in [0.5, 0.6) is 0 Å². The first kappa shape index (κ1) is 17.7.